The molecule has 88 valence electrons. The number of aliphatic hydroxyl groups is 2. The molecule has 0 radical (unpaired) electrons. The van der Waals surface area contributed by atoms with Crippen LogP contribution < -0.4 is 5.73 Å². The Morgan fingerprint density at radius 1 is 1.56 bits per heavy atom. The van der Waals surface area contributed by atoms with Crippen LogP contribution in [-0.4, -0.2) is 38.9 Å². The fourth-order valence-electron chi connectivity index (χ4n) is 1.20. The van der Waals surface area contributed by atoms with Gasteiger partial charge in [-0.05, 0) is 6.07 Å². The molecule has 1 heterocycles. The Kier molecular flexibility index (Phi) is 4.19. The molecule has 1 rings (SSSR count). The maximum atomic E-state index is 10.9. The predicted molar refractivity (Wildman–Crippen MR) is 56.2 cm³/mol. The highest BCUT2D eigenvalue weighted by Gasteiger charge is 2.23. The normalized spacial score (nSPS) is 14.5. The molecule has 16 heavy (non-hydrogen) atoms. The van der Waals surface area contributed by atoms with Gasteiger partial charge >= 0.3 is 5.97 Å². The smallest absolute Gasteiger partial charge is 0.336 e. The van der Waals surface area contributed by atoms with Gasteiger partial charge in [-0.15, -0.1) is 0 Å². The van der Waals surface area contributed by atoms with Crippen LogP contribution in [0.25, 0.3) is 0 Å². The minimum Gasteiger partial charge on any atom is -0.478 e. The molecule has 0 saturated carbocycles. The second-order valence-corrected chi connectivity index (χ2v) is 3.53. The average molecular weight is 247 g/mol. The molecule has 0 aliphatic carbocycles. The van der Waals surface area contributed by atoms with Gasteiger partial charge in [-0.1, -0.05) is 11.6 Å². The Labute approximate surface area is 96.3 Å². The number of carboxylic acids is 1. The summed E-state index contributed by atoms with van der Waals surface area (Å²) < 4.78 is 0. The molecule has 0 amide bonds. The molecule has 0 fully saturated rings. The van der Waals surface area contributed by atoms with Crippen molar-refractivity contribution in [2.75, 3.05) is 6.54 Å². The second kappa shape index (κ2) is 5.22. The minimum atomic E-state index is -1.40. The number of nitrogens with two attached hydrogens (primary N) is 1. The standard InChI is InChI=1S/C9H11ClN2O4/c10-7-1-4(9(15)16)5(3-12-7)8(14)6(13)2-11/h1,3,6,8,13-14H,2,11H2,(H,15,16). The molecule has 0 saturated heterocycles. The third kappa shape index (κ3) is 2.67. The first-order valence-corrected chi connectivity index (χ1v) is 4.80. The van der Waals surface area contributed by atoms with Crippen LogP contribution in [0.5, 0.6) is 0 Å². The molecule has 6 nitrogen and oxygen atoms in total. The Hall–Kier alpha value is -1.21. The van der Waals surface area contributed by atoms with Crippen molar-refractivity contribution in [3.8, 4) is 0 Å². The van der Waals surface area contributed by atoms with Crippen molar-refractivity contribution in [2.24, 2.45) is 5.73 Å². The molecule has 5 N–H and O–H groups in total. The van der Waals surface area contributed by atoms with E-state index < -0.39 is 18.2 Å². The zero-order valence-corrected chi connectivity index (χ0v) is 8.92. The van der Waals surface area contributed by atoms with Crippen LogP contribution in [0.3, 0.4) is 0 Å². The fourth-order valence-corrected chi connectivity index (χ4v) is 1.36. The Bertz CT molecular complexity index is 399. The third-order valence-corrected chi connectivity index (χ3v) is 2.26. The average Bonchev–Trinajstić information content (AvgIpc) is 2.26. The van der Waals surface area contributed by atoms with Crippen LogP contribution in [-0.2, 0) is 0 Å². The highest BCUT2D eigenvalue weighted by molar-refractivity contribution is 6.29. The molecular formula is C9H11ClN2O4. The number of rotatable bonds is 4. The van der Waals surface area contributed by atoms with E-state index in [9.17, 15) is 15.0 Å². The lowest BCUT2D eigenvalue weighted by Crippen LogP contribution is -2.28. The second-order valence-electron chi connectivity index (χ2n) is 3.15. The van der Waals surface area contributed by atoms with E-state index in [2.05, 4.69) is 4.98 Å². The fraction of sp³-hybridized carbons (Fsp3) is 0.333. The van der Waals surface area contributed by atoms with Gasteiger partial charge in [0.2, 0.25) is 0 Å². The Morgan fingerprint density at radius 3 is 2.69 bits per heavy atom. The van der Waals surface area contributed by atoms with Gasteiger partial charge in [0.15, 0.2) is 0 Å². The summed E-state index contributed by atoms with van der Waals surface area (Å²) in [6, 6.07) is 1.10. The van der Waals surface area contributed by atoms with Crippen molar-refractivity contribution >= 4 is 17.6 Å². The zero-order valence-electron chi connectivity index (χ0n) is 8.17. The summed E-state index contributed by atoms with van der Waals surface area (Å²) in [7, 11) is 0. The summed E-state index contributed by atoms with van der Waals surface area (Å²) in [6.45, 7) is -0.192. The molecule has 2 atom stereocenters. The van der Waals surface area contributed by atoms with Crippen LogP contribution in [0, 0.1) is 0 Å². The highest BCUT2D eigenvalue weighted by atomic mass is 35.5. The Balaban J connectivity index is 3.17. The van der Waals surface area contributed by atoms with E-state index in [0.29, 0.717) is 0 Å². The number of aromatic nitrogens is 1. The van der Waals surface area contributed by atoms with Gasteiger partial charge in [-0.2, -0.15) is 0 Å². The largest absolute Gasteiger partial charge is 0.478 e. The van der Waals surface area contributed by atoms with Crippen LogP contribution in [0.15, 0.2) is 12.3 Å². The van der Waals surface area contributed by atoms with Crippen LogP contribution in [0.1, 0.15) is 22.0 Å². The summed E-state index contributed by atoms with van der Waals surface area (Å²) >= 11 is 5.54. The van der Waals surface area contributed by atoms with Crippen molar-refractivity contribution in [1.29, 1.82) is 0 Å². The highest BCUT2D eigenvalue weighted by Crippen LogP contribution is 2.22. The molecule has 1 aromatic heterocycles. The van der Waals surface area contributed by atoms with Crippen molar-refractivity contribution in [2.45, 2.75) is 12.2 Å². The number of hydrogen-bond donors (Lipinski definition) is 4. The lowest BCUT2D eigenvalue weighted by atomic mass is 10.0. The summed E-state index contributed by atoms with van der Waals surface area (Å²) in [5, 5.41) is 27.8. The molecule has 0 aliphatic rings. The van der Waals surface area contributed by atoms with Crippen LogP contribution in [0.4, 0.5) is 0 Å². The number of aromatic carboxylic acids is 1. The number of nitrogens with zero attached hydrogens (tertiary/aromatic N) is 1. The quantitative estimate of drug-likeness (QED) is 0.546. The first-order valence-electron chi connectivity index (χ1n) is 4.42. The maximum absolute atomic E-state index is 10.9. The number of carboxylic acid groups (broad SMARTS) is 1. The van der Waals surface area contributed by atoms with Gasteiger partial charge < -0.3 is 21.1 Å². The summed E-state index contributed by atoms with van der Waals surface area (Å²) in [6.07, 6.45) is -1.54. The maximum Gasteiger partial charge on any atom is 0.336 e. The van der Waals surface area contributed by atoms with Crippen molar-refractivity contribution in [3.05, 3.63) is 28.5 Å². The Morgan fingerprint density at radius 2 is 2.19 bits per heavy atom. The summed E-state index contributed by atoms with van der Waals surface area (Å²) in [5.41, 5.74) is 4.94. The SMILES string of the molecule is NCC(O)C(O)c1cnc(Cl)cc1C(=O)O. The van der Waals surface area contributed by atoms with E-state index in [4.69, 9.17) is 22.4 Å². The zero-order chi connectivity index (χ0) is 12.3. The van der Waals surface area contributed by atoms with Gasteiger partial charge in [-0.3, -0.25) is 0 Å². The van der Waals surface area contributed by atoms with E-state index >= 15 is 0 Å². The number of pyridine rings is 1. The van der Waals surface area contributed by atoms with E-state index in [1.165, 1.54) is 0 Å². The number of aliphatic hydroxyl groups excluding tert-OH is 2. The molecule has 0 aromatic carbocycles. The third-order valence-electron chi connectivity index (χ3n) is 2.06. The van der Waals surface area contributed by atoms with E-state index in [-0.39, 0.29) is 22.8 Å². The number of hydrogen-bond acceptors (Lipinski definition) is 5. The van der Waals surface area contributed by atoms with Gasteiger partial charge in [0.05, 0.1) is 11.7 Å². The lowest BCUT2D eigenvalue weighted by Gasteiger charge is -2.17. The number of carbonyl (C=O) groups is 1. The topological polar surface area (TPSA) is 117 Å². The lowest BCUT2D eigenvalue weighted by molar-refractivity contribution is 0.0230. The van der Waals surface area contributed by atoms with Crippen LogP contribution in [0.2, 0.25) is 5.15 Å². The van der Waals surface area contributed by atoms with E-state index in [0.717, 1.165) is 12.3 Å². The van der Waals surface area contributed by atoms with Gasteiger partial charge in [-0.25, -0.2) is 9.78 Å². The van der Waals surface area contributed by atoms with Crippen molar-refractivity contribution in [3.63, 3.8) is 0 Å². The molecule has 1 aromatic rings. The van der Waals surface area contributed by atoms with Gasteiger partial charge in [0.25, 0.3) is 0 Å². The predicted octanol–water partition coefficient (Wildman–Crippen LogP) is -0.214. The molecule has 0 bridgehead atoms. The molecule has 7 heteroatoms. The van der Waals surface area contributed by atoms with Gasteiger partial charge in [0, 0.05) is 18.3 Å². The molecular weight excluding hydrogens is 236 g/mol. The van der Waals surface area contributed by atoms with Crippen LogP contribution >= 0.6 is 11.6 Å². The van der Waals surface area contributed by atoms with Gasteiger partial charge in [0.1, 0.15) is 11.3 Å². The van der Waals surface area contributed by atoms with Crippen molar-refractivity contribution < 1.29 is 20.1 Å². The summed E-state index contributed by atoms with van der Waals surface area (Å²) in [5.74, 6) is -1.26. The van der Waals surface area contributed by atoms with E-state index in [1.54, 1.807) is 0 Å². The molecule has 0 aliphatic heterocycles. The summed E-state index contributed by atoms with van der Waals surface area (Å²) in [4.78, 5) is 14.5. The first kappa shape index (κ1) is 12.9. The van der Waals surface area contributed by atoms with Crippen molar-refractivity contribution in [1.82, 2.24) is 4.98 Å². The first-order chi connectivity index (χ1) is 7.47. The molecule has 2 unspecified atom stereocenters. The number of halogens is 1. The monoisotopic (exact) mass is 246 g/mol. The van der Waals surface area contributed by atoms with E-state index in [1.807, 2.05) is 0 Å². The minimum absolute atomic E-state index is 0.00408. The molecule has 0 spiro atoms.